The van der Waals surface area contributed by atoms with E-state index in [9.17, 15) is 4.79 Å². The van der Waals surface area contributed by atoms with E-state index < -0.39 is 0 Å². The largest absolute Gasteiger partial charge is 0.372 e. The second kappa shape index (κ2) is 6.63. The van der Waals surface area contributed by atoms with Crippen LogP contribution in [0, 0.1) is 5.92 Å². The number of ether oxygens (including phenoxy) is 1. The molecule has 1 amide bonds. The Kier molecular flexibility index (Phi) is 4.87. The van der Waals surface area contributed by atoms with Crippen LogP contribution in [0.25, 0.3) is 0 Å². The fraction of sp³-hybridized carbons (Fsp3) is 0.571. The summed E-state index contributed by atoms with van der Waals surface area (Å²) in [5.41, 5.74) is 3.37. The van der Waals surface area contributed by atoms with E-state index in [0.29, 0.717) is 18.3 Å². The number of hydrazine groups is 1. The highest BCUT2D eigenvalue weighted by Gasteiger charge is 2.19. The summed E-state index contributed by atoms with van der Waals surface area (Å²) in [7, 11) is 0. The molecule has 2 unspecified atom stereocenters. The van der Waals surface area contributed by atoms with Gasteiger partial charge in [-0.2, -0.15) is 0 Å². The molecule has 3 N–H and O–H groups in total. The molecule has 2 atom stereocenters. The Morgan fingerprint density at radius 3 is 3.00 bits per heavy atom. The van der Waals surface area contributed by atoms with Crippen LogP contribution in [0.3, 0.4) is 0 Å². The van der Waals surface area contributed by atoms with Crippen LogP contribution >= 0.6 is 0 Å². The maximum atomic E-state index is 11.3. The zero-order chi connectivity index (χ0) is 13.7. The van der Waals surface area contributed by atoms with Gasteiger partial charge < -0.3 is 4.74 Å². The molecule has 5 nitrogen and oxygen atoms in total. The van der Waals surface area contributed by atoms with E-state index in [4.69, 9.17) is 10.6 Å². The molecule has 0 aromatic carbocycles. The number of nitrogens with zero attached hydrogens (tertiary/aromatic N) is 1. The van der Waals surface area contributed by atoms with Gasteiger partial charge >= 0.3 is 0 Å². The molecule has 1 heterocycles. The van der Waals surface area contributed by atoms with Crippen LogP contribution in [0.4, 0.5) is 0 Å². The first-order chi connectivity index (χ1) is 9.19. The third-order valence-electron chi connectivity index (χ3n) is 3.57. The molecule has 1 aromatic rings. The molecule has 0 bridgehead atoms. The number of hydrogen-bond acceptors (Lipinski definition) is 4. The van der Waals surface area contributed by atoms with Gasteiger partial charge in [-0.1, -0.05) is 19.8 Å². The predicted octanol–water partition coefficient (Wildman–Crippen LogP) is 1.78. The number of carbonyl (C=O) groups is 1. The number of nitrogens with one attached hydrogen (secondary N) is 1. The highest BCUT2D eigenvalue weighted by Crippen LogP contribution is 2.26. The minimum atomic E-state index is -0.332. The average molecular weight is 263 g/mol. The quantitative estimate of drug-likeness (QED) is 0.493. The van der Waals surface area contributed by atoms with E-state index in [1.54, 1.807) is 12.1 Å². The smallest absolute Gasteiger partial charge is 0.266 e. The van der Waals surface area contributed by atoms with Crippen LogP contribution in [0.15, 0.2) is 18.3 Å². The SMILES string of the molecule is CC1CCCC(OCc2ccc(C(=O)NN)cn2)C1. The lowest BCUT2D eigenvalue weighted by molar-refractivity contribution is 0.00320. The lowest BCUT2D eigenvalue weighted by atomic mass is 9.89. The average Bonchev–Trinajstić information content (AvgIpc) is 2.45. The summed E-state index contributed by atoms with van der Waals surface area (Å²) in [5.74, 6) is 5.48. The second-order valence-electron chi connectivity index (χ2n) is 5.22. The summed E-state index contributed by atoms with van der Waals surface area (Å²) in [5, 5.41) is 0. The Balaban J connectivity index is 1.84. The van der Waals surface area contributed by atoms with Gasteiger partial charge in [-0.3, -0.25) is 15.2 Å². The number of carbonyl (C=O) groups excluding carboxylic acids is 1. The standard InChI is InChI=1S/C14H21N3O2/c1-10-3-2-4-13(7-10)19-9-12-6-5-11(8-16-12)14(18)17-15/h5-6,8,10,13H,2-4,7,9,15H2,1H3,(H,17,18). The van der Waals surface area contributed by atoms with Gasteiger partial charge in [0.25, 0.3) is 5.91 Å². The van der Waals surface area contributed by atoms with E-state index in [1.807, 2.05) is 0 Å². The van der Waals surface area contributed by atoms with Crippen molar-refractivity contribution < 1.29 is 9.53 Å². The number of rotatable bonds is 4. The monoisotopic (exact) mass is 263 g/mol. The molecule has 19 heavy (non-hydrogen) atoms. The van der Waals surface area contributed by atoms with Crippen molar-refractivity contribution in [1.29, 1.82) is 0 Å². The lowest BCUT2D eigenvalue weighted by Crippen LogP contribution is -2.30. The van der Waals surface area contributed by atoms with Gasteiger partial charge in [-0.25, -0.2) is 5.84 Å². The lowest BCUT2D eigenvalue weighted by Gasteiger charge is -2.26. The fourth-order valence-electron chi connectivity index (χ4n) is 2.46. The molecule has 1 fully saturated rings. The molecule has 0 spiro atoms. The third-order valence-corrected chi connectivity index (χ3v) is 3.57. The van der Waals surface area contributed by atoms with Gasteiger partial charge in [0, 0.05) is 6.20 Å². The fourth-order valence-corrected chi connectivity index (χ4v) is 2.46. The van der Waals surface area contributed by atoms with Crippen molar-refractivity contribution in [1.82, 2.24) is 10.4 Å². The molecule has 1 aliphatic rings. The second-order valence-corrected chi connectivity index (χ2v) is 5.22. The van der Waals surface area contributed by atoms with Crippen LogP contribution in [-0.2, 0) is 11.3 Å². The van der Waals surface area contributed by atoms with Crippen molar-refractivity contribution in [3.05, 3.63) is 29.6 Å². The number of pyridine rings is 1. The molecule has 0 aliphatic heterocycles. The van der Waals surface area contributed by atoms with E-state index in [1.165, 1.54) is 19.0 Å². The van der Waals surface area contributed by atoms with Crippen molar-refractivity contribution in [3.63, 3.8) is 0 Å². The van der Waals surface area contributed by atoms with Gasteiger partial charge in [0.1, 0.15) is 0 Å². The molecule has 1 aromatic heterocycles. The maximum Gasteiger partial charge on any atom is 0.266 e. The number of nitrogens with two attached hydrogens (primary N) is 1. The van der Waals surface area contributed by atoms with Crippen molar-refractivity contribution in [2.24, 2.45) is 11.8 Å². The van der Waals surface area contributed by atoms with Gasteiger partial charge in [-0.15, -0.1) is 0 Å². The molecule has 0 radical (unpaired) electrons. The molecule has 104 valence electrons. The highest BCUT2D eigenvalue weighted by atomic mass is 16.5. The molecule has 2 rings (SSSR count). The Morgan fingerprint density at radius 1 is 1.53 bits per heavy atom. The third kappa shape index (κ3) is 4.01. The minimum Gasteiger partial charge on any atom is -0.372 e. The highest BCUT2D eigenvalue weighted by molar-refractivity contribution is 5.93. The van der Waals surface area contributed by atoms with Gasteiger partial charge in [0.05, 0.1) is 24.0 Å². The predicted molar refractivity (Wildman–Crippen MR) is 72.1 cm³/mol. The first-order valence-corrected chi connectivity index (χ1v) is 6.76. The normalized spacial score (nSPS) is 23.1. The Labute approximate surface area is 113 Å². The Bertz CT molecular complexity index is 419. The van der Waals surface area contributed by atoms with E-state index in [2.05, 4.69) is 17.3 Å². The molecule has 1 saturated carbocycles. The van der Waals surface area contributed by atoms with E-state index in [0.717, 1.165) is 24.5 Å². The van der Waals surface area contributed by atoms with Crippen LogP contribution in [-0.4, -0.2) is 17.0 Å². The molecule has 1 aliphatic carbocycles. The van der Waals surface area contributed by atoms with Gasteiger partial charge in [0.15, 0.2) is 0 Å². The Morgan fingerprint density at radius 2 is 2.37 bits per heavy atom. The summed E-state index contributed by atoms with van der Waals surface area (Å²) < 4.78 is 5.88. The first kappa shape index (κ1) is 14.0. The minimum absolute atomic E-state index is 0.332. The summed E-state index contributed by atoms with van der Waals surface area (Å²) in [4.78, 5) is 15.5. The number of amides is 1. The zero-order valence-electron chi connectivity index (χ0n) is 11.3. The summed E-state index contributed by atoms with van der Waals surface area (Å²) in [6.07, 6.45) is 6.68. The van der Waals surface area contributed by atoms with E-state index >= 15 is 0 Å². The van der Waals surface area contributed by atoms with Crippen molar-refractivity contribution in [3.8, 4) is 0 Å². The molecule has 0 saturated heterocycles. The topological polar surface area (TPSA) is 77.2 Å². The van der Waals surface area contributed by atoms with E-state index in [-0.39, 0.29) is 5.91 Å². The number of hydrogen-bond donors (Lipinski definition) is 2. The van der Waals surface area contributed by atoms with Gasteiger partial charge in [-0.05, 0) is 30.9 Å². The molecule has 5 heteroatoms. The molecular formula is C14H21N3O2. The van der Waals surface area contributed by atoms with Crippen molar-refractivity contribution in [2.45, 2.75) is 45.3 Å². The van der Waals surface area contributed by atoms with Gasteiger partial charge in [0.2, 0.25) is 0 Å². The molecular weight excluding hydrogens is 242 g/mol. The van der Waals surface area contributed by atoms with Crippen LogP contribution in [0.5, 0.6) is 0 Å². The van der Waals surface area contributed by atoms with Crippen LogP contribution in [0.1, 0.15) is 48.7 Å². The van der Waals surface area contributed by atoms with Crippen LogP contribution < -0.4 is 11.3 Å². The number of nitrogen functional groups attached to an aromatic ring is 1. The van der Waals surface area contributed by atoms with Crippen molar-refractivity contribution >= 4 is 5.91 Å². The maximum absolute atomic E-state index is 11.3. The van der Waals surface area contributed by atoms with Crippen molar-refractivity contribution in [2.75, 3.05) is 0 Å². The number of aromatic nitrogens is 1. The zero-order valence-corrected chi connectivity index (χ0v) is 11.3. The van der Waals surface area contributed by atoms with Crippen LogP contribution in [0.2, 0.25) is 0 Å². The summed E-state index contributed by atoms with van der Waals surface area (Å²) >= 11 is 0. The Hall–Kier alpha value is -1.46. The summed E-state index contributed by atoms with van der Waals surface area (Å²) in [6, 6.07) is 3.51. The summed E-state index contributed by atoms with van der Waals surface area (Å²) in [6.45, 7) is 2.77. The first-order valence-electron chi connectivity index (χ1n) is 6.76.